The highest BCUT2D eigenvalue weighted by molar-refractivity contribution is 7.16. The van der Waals surface area contributed by atoms with Gasteiger partial charge in [-0.05, 0) is 44.0 Å². The summed E-state index contributed by atoms with van der Waals surface area (Å²) >= 11 is 1.36. The number of unbranched alkanes of at least 4 members (excludes halogenated alkanes) is 1. The van der Waals surface area contributed by atoms with Crippen molar-refractivity contribution in [3.05, 3.63) is 33.9 Å². The Hall–Kier alpha value is -1.13. The largest absolute Gasteiger partial charge is 0.308 e. The number of fused-ring (bicyclic) bond motifs is 1. The SMILES string of the molecule is CCCCC1CCN(CCn2c(=O)sc3ccccc32)CC1. The molecule has 1 saturated heterocycles. The Labute approximate surface area is 136 Å². The van der Waals surface area contributed by atoms with Crippen LogP contribution in [0, 0.1) is 5.92 Å². The zero-order chi connectivity index (χ0) is 15.4. The molecule has 22 heavy (non-hydrogen) atoms. The third-order valence-corrected chi connectivity index (χ3v) is 5.85. The van der Waals surface area contributed by atoms with Gasteiger partial charge in [-0.2, -0.15) is 0 Å². The molecule has 1 aliphatic rings. The standard InChI is InChI=1S/C18H26N2OS/c1-2-3-6-15-9-11-19(12-10-15)13-14-20-16-7-4-5-8-17(16)22-18(20)21/h4-5,7-8,15H,2-3,6,9-14H2,1H3. The number of para-hydroxylation sites is 1. The van der Waals surface area contributed by atoms with Crippen molar-refractivity contribution in [1.29, 1.82) is 0 Å². The van der Waals surface area contributed by atoms with Gasteiger partial charge in [-0.25, -0.2) is 0 Å². The fourth-order valence-corrected chi connectivity index (χ4v) is 4.38. The van der Waals surface area contributed by atoms with E-state index in [0.29, 0.717) is 0 Å². The molecule has 0 bridgehead atoms. The molecule has 1 fully saturated rings. The lowest BCUT2D eigenvalue weighted by Crippen LogP contribution is -2.36. The summed E-state index contributed by atoms with van der Waals surface area (Å²) in [7, 11) is 0. The average molecular weight is 318 g/mol. The molecule has 3 rings (SSSR count). The van der Waals surface area contributed by atoms with Crippen LogP contribution in [-0.2, 0) is 6.54 Å². The molecule has 0 unspecified atom stereocenters. The number of hydrogen-bond acceptors (Lipinski definition) is 3. The van der Waals surface area contributed by atoms with Crippen molar-refractivity contribution in [2.75, 3.05) is 19.6 Å². The highest BCUT2D eigenvalue weighted by Gasteiger charge is 2.18. The summed E-state index contributed by atoms with van der Waals surface area (Å²) in [6, 6.07) is 8.12. The lowest BCUT2D eigenvalue weighted by atomic mass is 9.92. The van der Waals surface area contributed by atoms with Gasteiger partial charge in [0.05, 0.1) is 10.2 Å². The smallest absolute Gasteiger partial charge is 0.302 e. The minimum absolute atomic E-state index is 0.180. The monoisotopic (exact) mass is 318 g/mol. The van der Waals surface area contributed by atoms with E-state index in [4.69, 9.17) is 0 Å². The Bertz CT molecular complexity index is 652. The highest BCUT2D eigenvalue weighted by Crippen LogP contribution is 2.22. The molecule has 0 aliphatic carbocycles. The Balaban J connectivity index is 1.55. The normalized spacial score (nSPS) is 17.3. The summed E-state index contributed by atoms with van der Waals surface area (Å²) in [5, 5.41) is 0. The van der Waals surface area contributed by atoms with Crippen molar-refractivity contribution in [3.8, 4) is 0 Å². The van der Waals surface area contributed by atoms with Gasteiger partial charge in [-0.15, -0.1) is 0 Å². The first-order chi connectivity index (χ1) is 10.8. The predicted octanol–water partition coefficient (Wildman–Crippen LogP) is 3.97. The Morgan fingerprint density at radius 3 is 2.73 bits per heavy atom. The molecular weight excluding hydrogens is 292 g/mol. The van der Waals surface area contributed by atoms with Crippen LogP contribution in [0.5, 0.6) is 0 Å². The fraction of sp³-hybridized carbons (Fsp3) is 0.611. The third-order valence-electron chi connectivity index (χ3n) is 4.89. The molecule has 0 N–H and O–H groups in total. The maximum absolute atomic E-state index is 12.1. The van der Waals surface area contributed by atoms with E-state index in [9.17, 15) is 4.79 Å². The van der Waals surface area contributed by atoms with E-state index in [1.807, 2.05) is 22.8 Å². The first-order valence-electron chi connectivity index (χ1n) is 8.58. The van der Waals surface area contributed by atoms with Gasteiger partial charge in [0.15, 0.2) is 0 Å². The molecular formula is C18H26N2OS. The van der Waals surface area contributed by atoms with Crippen LogP contribution in [0.4, 0.5) is 0 Å². The Morgan fingerprint density at radius 1 is 1.18 bits per heavy atom. The fourth-order valence-electron chi connectivity index (χ4n) is 3.46. The topological polar surface area (TPSA) is 25.2 Å². The Morgan fingerprint density at radius 2 is 1.95 bits per heavy atom. The van der Waals surface area contributed by atoms with Gasteiger partial charge in [0.1, 0.15) is 0 Å². The number of piperidine rings is 1. The van der Waals surface area contributed by atoms with Crippen molar-refractivity contribution in [1.82, 2.24) is 9.47 Å². The van der Waals surface area contributed by atoms with E-state index in [-0.39, 0.29) is 4.87 Å². The molecule has 120 valence electrons. The maximum Gasteiger partial charge on any atom is 0.308 e. The molecule has 1 aromatic heterocycles. The molecule has 4 heteroatoms. The average Bonchev–Trinajstić information content (AvgIpc) is 2.87. The van der Waals surface area contributed by atoms with Crippen molar-refractivity contribution >= 4 is 21.6 Å². The van der Waals surface area contributed by atoms with E-state index in [1.54, 1.807) is 0 Å². The molecule has 0 saturated carbocycles. The number of benzene rings is 1. The van der Waals surface area contributed by atoms with Crippen LogP contribution in [0.15, 0.2) is 29.1 Å². The van der Waals surface area contributed by atoms with Crippen LogP contribution in [0.1, 0.15) is 39.0 Å². The molecule has 3 nitrogen and oxygen atoms in total. The van der Waals surface area contributed by atoms with Crippen LogP contribution in [0.3, 0.4) is 0 Å². The lowest BCUT2D eigenvalue weighted by molar-refractivity contribution is 0.172. The van der Waals surface area contributed by atoms with Crippen LogP contribution < -0.4 is 4.87 Å². The second-order valence-electron chi connectivity index (χ2n) is 6.41. The quantitative estimate of drug-likeness (QED) is 0.805. The summed E-state index contributed by atoms with van der Waals surface area (Å²) in [6.07, 6.45) is 6.76. The van der Waals surface area contributed by atoms with Crippen molar-refractivity contribution in [2.24, 2.45) is 5.92 Å². The number of likely N-dealkylation sites (tertiary alicyclic amines) is 1. The minimum Gasteiger partial charge on any atom is -0.302 e. The molecule has 1 aliphatic heterocycles. The van der Waals surface area contributed by atoms with Gasteiger partial charge >= 0.3 is 4.87 Å². The first-order valence-corrected chi connectivity index (χ1v) is 9.40. The summed E-state index contributed by atoms with van der Waals surface area (Å²) in [6.45, 7) is 6.50. The minimum atomic E-state index is 0.180. The highest BCUT2D eigenvalue weighted by atomic mass is 32.1. The number of rotatable bonds is 6. The molecule has 2 heterocycles. The van der Waals surface area contributed by atoms with Gasteiger partial charge < -0.3 is 4.90 Å². The molecule has 2 aromatic rings. The second-order valence-corrected chi connectivity index (χ2v) is 7.41. The van der Waals surface area contributed by atoms with Crippen molar-refractivity contribution in [3.63, 3.8) is 0 Å². The first kappa shape index (κ1) is 15.8. The summed E-state index contributed by atoms with van der Waals surface area (Å²) in [4.78, 5) is 14.9. The van der Waals surface area contributed by atoms with Crippen LogP contribution in [-0.4, -0.2) is 29.1 Å². The maximum atomic E-state index is 12.1. The van der Waals surface area contributed by atoms with E-state index in [2.05, 4.69) is 17.9 Å². The summed E-state index contributed by atoms with van der Waals surface area (Å²) in [5.41, 5.74) is 1.09. The van der Waals surface area contributed by atoms with Gasteiger partial charge in [0.25, 0.3) is 0 Å². The van der Waals surface area contributed by atoms with Gasteiger partial charge in [0, 0.05) is 13.1 Å². The van der Waals surface area contributed by atoms with Gasteiger partial charge in [0.2, 0.25) is 0 Å². The predicted molar refractivity (Wildman–Crippen MR) is 94.8 cm³/mol. The molecule has 0 radical (unpaired) electrons. The Kier molecular flexibility index (Phi) is 5.32. The summed E-state index contributed by atoms with van der Waals surface area (Å²) in [5.74, 6) is 0.931. The summed E-state index contributed by atoms with van der Waals surface area (Å²) < 4.78 is 3.05. The molecule has 0 atom stereocenters. The van der Waals surface area contributed by atoms with Crippen molar-refractivity contribution < 1.29 is 0 Å². The van der Waals surface area contributed by atoms with Crippen LogP contribution >= 0.6 is 11.3 Å². The number of thiazole rings is 1. The number of aromatic nitrogens is 1. The van der Waals surface area contributed by atoms with E-state index < -0.39 is 0 Å². The lowest BCUT2D eigenvalue weighted by Gasteiger charge is -2.32. The molecule has 0 amide bonds. The van der Waals surface area contributed by atoms with E-state index >= 15 is 0 Å². The zero-order valence-corrected chi connectivity index (χ0v) is 14.3. The zero-order valence-electron chi connectivity index (χ0n) is 13.5. The van der Waals surface area contributed by atoms with E-state index in [1.165, 1.54) is 56.5 Å². The number of hydrogen-bond donors (Lipinski definition) is 0. The van der Waals surface area contributed by atoms with E-state index in [0.717, 1.165) is 29.2 Å². The van der Waals surface area contributed by atoms with Crippen LogP contribution in [0.2, 0.25) is 0 Å². The number of nitrogens with zero attached hydrogens (tertiary/aromatic N) is 2. The van der Waals surface area contributed by atoms with Gasteiger partial charge in [-0.3, -0.25) is 9.36 Å². The van der Waals surface area contributed by atoms with Crippen LogP contribution in [0.25, 0.3) is 10.2 Å². The molecule has 0 spiro atoms. The van der Waals surface area contributed by atoms with Crippen molar-refractivity contribution in [2.45, 2.75) is 45.6 Å². The van der Waals surface area contributed by atoms with Gasteiger partial charge in [-0.1, -0.05) is 49.7 Å². The molecule has 1 aromatic carbocycles. The second kappa shape index (κ2) is 7.42. The third kappa shape index (κ3) is 3.61.